The van der Waals surface area contributed by atoms with Crippen molar-refractivity contribution in [2.45, 2.75) is 38.0 Å². The molecular weight excluding hydrogens is 740 g/mol. The van der Waals surface area contributed by atoms with Crippen LogP contribution in [0.4, 0.5) is 11.4 Å². The third-order valence-electron chi connectivity index (χ3n) is 5.65. The summed E-state index contributed by atoms with van der Waals surface area (Å²) in [5.41, 5.74) is 2.54. The Bertz CT molecular complexity index is 1380. The normalized spacial score (nSPS) is 18.1. The molecule has 1 fully saturated rings. The van der Waals surface area contributed by atoms with Crippen LogP contribution in [0.15, 0.2) is 84.0 Å². The number of anilines is 1. The van der Waals surface area contributed by atoms with Crippen molar-refractivity contribution >= 4 is 82.4 Å². The van der Waals surface area contributed by atoms with E-state index in [1.807, 2.05) is 37.3 Å². The molecule has 0 saturated carbocycles. The van der Waals surface area contributed by atoms with E-state index in [9.17, 15) is 13.2 Å². The van der Waals surface area contributed by atoms with Crippen LogP contribution in [-0.4, -0.2) is 66.5 Å². The Morgan fingerprint density at radius 3 is 2.42 bits per heavy atom. The van der Waals surface area contributed by atoms with E-state index in [2.05, 4.69) is 14.7 Å². The number of sulfonamides is 1. The van der Waals surface area contributed by atoms with Gasteiger partial charge in [0.25, 0.3) is 0 Å². The molecule has 38 heavy (non-hydrogen) atoms. The summed E-state index contributed by atoms with van der Waals surface area (Å²) in [4.78, 5) is 11.6. The van der Waals surface area contributed by atoms with Crippen LogP contribution in [-0.2, 0) is 17.5 Å². The van der Waals surface area contributed by atoms with E-state index in [1.54, 1.807) is 29.3 Å². The van der Waals surface area contributed by atoms with Gasteiger partial charge in [0.2, 0.25) is 0 Å². The topological polar surface area (TPSA) is 128 Å². The van der Waals surface area contributed by atoms with E-state index in [-0.39, 0.29) is 16.7 Å². The van der Waals surface area contributed by atoms with Crippen LogP contribution in [0, 0.1) is 5.41 Å². The number of carbonyl (C=O) groups excluding carboxylic acids is 1. The van der Waals surface area contributed by atoms with Crippen molar-refractivity contribution in [3.63, 3.8) is 0 Å². The predicted molar refractivity (Wildman–Crippen MR) is 153 cm³/mol. The number of hydrazone groups is 1. The fourth-order valence-corrected chi connectivity index (χ4v) is 12.8. The second-order valence-electron chi connectivity index (χ2n) is 8.35. The van der Waals surface area contributed by atoms with Gasteiger partial charge in [-0.3, -0.25) is 0 Å². The van der Waals surface area contributed by atoms with Crippen molar-refractivity contribution in [2.24, 2.45) is 14.7 Å². The van der Waals surface area contributed by atoms with Crippen LogP contribution in [0.1, 0.15) is 33.1 Å². The molecule has 10 nitrogen and oxygen atoms in total. The SMILES string of the molecule is CC(=O)[O][Pb][S]/C(SN=Nc1ccc(S(=O)(=O)N2CCCCC2)cc1)=C1/C(=N)N(c2ccccc2)N=C1C. The summed E-state index contributed by atoms with van der Waals surface area (Å²) in [5.74, 6) is -0.119. The van der Waals surface area contributed by atoms with E-state index < -0.39 is 33.2 Å². The number of piperidine rings is 1. The molecule has 198 valence electrons. The summed E-state index contributed by atoms with van der Waals surface area (Å²) in [6.07, 6.45) is 2.81. The molecule has 0 bridgehead atoms. The zero-order valence-corrected chi connectivity index (χ0v) is 27.2. The van der Waals surface area contributed by atoms with Gasteiger partial charge in [0.15, 0.2) is 0 Å². The Hall–Kier alpha value is -2.08. The predicted octanol–water partition coefficient (Wildman–Crippen LogP) is 5.51. The van der Waals surface area contributed by atoms with Crippen LogP contribution in [0.2, 0.25) is 0 Å². The maximum absolute atomic E-state index is 12.9. The third kappa shape index (κ3) is 7.11. The number of para-hydroxylation sites is 1. The molecule has 2 aliphatic rings. The molecule has 2 aromatic carbocycles. The van der Waals surface area contributed by atoms with Gasteiger partial charge in [-0.05, 0) is 12.8 Å². The Labute approximate surface area is 241 Å². The molecule has 2 aromatic rings. The molecule has 0 unspecified atom stereocenters. The first-order chi connectivity index (χ1) is 18.3. The fraction of sp³-hybridized carbons (Fsp3) is 0.292. The molecule has 0 amide bonds. The average molecular weight is 766 g/mol. The molecule has 4 rings (SSSR count). The maximum atomic E-state index is 12.9. The van der Waals surface area contributed by atoms with Crippen molar-refractivity contribution in [2.75, 3.05) is 18.1 Å². The molecule has 0 spiro atoms. The van der Waals surface area contributed by atoms with Crippen molar-refractivity contribution in [1.29, 1.82) is 5.41 Å². The van der Waals surface area contributed by atoms with Gasteiger partial charge in [-0.2, -0.15) is 0 Å². The molecule has 1 saturated heterocycles. The van der Waals surface area contributed by atoms with Gasteiger partial charge in [-0.1, -0.05) is 6.42 Å². The minimum atomic E-state index is -3.51. The second-order valence-corrected chi connectivity index (χ2v) is 17.2. The van der Waals surface area contributed by atoms with Gasteiger partial charge in [0.1, 0.15) is 0 Å². The van der Waals surface area contributed by atoms with Gasteiger partial charge < -0.3 is 0 Å². The standard InChI is InChI=1S/C22H24N6O2S3.C2H4O2.Pb/c1-16-20(21(23)28(25-16)18-8-4-2-5-9-18)22(31)32-26-24-17-10-12-19(13-11-17)33(29,30)27-14-6-3-7-15-27;1-2(3)4;/h2,4-5,8-13,23,31H,3,6-7,14-15H2,1H3;1H3,(H,3,4);/q;;+2/p-2/b22-20-,23-21?,26-24?;;. The first kappa shape index (κ1) is 28.9. The quantitative estimate of drug-likeness (QED) is 0.203. The van der Waals surface area contributed by atoms with E-state index >= 15 is 0 Å². The molecule has 2 heterocycles. The summed E-state index contributed by atoms with van der Waals surface area (Å²) >= 11 is -0.780. The monoisotopic (exact) mass is 766 g/mol. The zero-order valence-electron chi connectivity index (χ0n) is 20.8. The van der Waals surface area contributed by atoms with Gasteiger partial charge in [-0.25, -0.2) is 0 Å². The number of hydrogen-bond acceptors (Lipinski definition) is 10. The van der Waals surface area contributed by atoms with E-state index in [0.29, 0.717) is 34.3 Å². The van der Waals surface area contributed by atoms with Crippen LogP contribution in [0.5, 0.6) is 0 Å². The molecule has 2 aliphatic heterocycles. The van der Waals surface area contributed by atoms with E-state index in [0.717, 1.165) is 36.9 Å². The number of nitrogens with one attached hydrogen (secondary N) is 1. The summed E-state index contributed by atoms with van der Waals surface area (Å²) < 4.78 is 37.5. The molecule has 2 radical (unpaired) electrons. The van der Waals surface area contributed by atoms with Crippen molar-refractivity contribution < 1.29 is 15.9 Å². The summed E-state index contributed by atoms with van der Waals surface area (Å²) in [7, 11) is -2.10. The number of carbonyl (C=O) groups is 1. The molecule has 1 N–H and O–H groups in total. The zero-order chi connectivity index (χ0) is 27.1. The number of benzene rings is 2. The number of hydrogen-bond donors (Lipinski definition) is 1. The summed E-state index contributed by atoms with van der Waals surface area (Å²) in [6.45, 7) is 4.30. The minimum absolute atomic E-state index is 0.206. The fourth-order valence-electron chi connectivity index (χ4n) is 3.80. The Morgan fingerprint density at radius 2 is 1.76 bits per heavy atom. The number of amidine groups is 1. The average Bonchev–Trinajstić information content (AvgIpc) is 3.22. The molecule has 0 aromatic heterocycles. The first-order valence-corrected chi connectivity index (χ1v) is 21.2. The Balaban J connectivity index is 1.51. The molecular formula is C24H26N6O4PbS3. The summed E-state index contributed by atoms with van der Waals surface area (Å²) in [6, 6.07) is 15.8. The van der Waals surface area contributed by atoms with Crippen molar-refractivity contribution in [1.82, 2.24) is 4.31 Å². The van der Waals surface area contributed by atoms with Gasteiger partial charge in [0.05, 0.1) is 0 Å². The van der Waals surface area contributed by atoms with E-state index in [1.165, 1.54) is 19.5 Å². The van der Waals surface area contributed by atoms with E-state index in [4.69, 9.17) is 8.10 Å². The van der Waals surface area contributed by atoms with Gasteiger partial charge >= 0.3 is 224 Å². The van der Waals surface area contributed by atoms with Gasteiger partial charge in [-0.15, -0.1) is 0 Å². The second kappa shape index (κ2) is 13.3. The van der Waals surface area contributed by atoms with Crippen molar-refractivity contribution in [3.8, 4) is 0 Å². The third-order valence-corrected chi connectivity index (χ3v) is 16.3. The Kier molecular flexibility index (Phi) is 10.1. The van der Waals surface area contributed by atoms with Gasteiger partial charge in [0, 0.05) is 0 Å². The van der Waals surface area contributed by atoms with Crippen LogP contribution in [0.25, 0.3) is 0 Å². The van der Waals surface area contributed by atoms with Crippen molar-refractivity contribution in [3.05, 3.63) is 64.4 Å². The summed E-state index contributed by atoms with van der Waals surface area (Å²) in [5, 5.41) is 19.1. The van der Waals surface area contributed by atoms with Crippen LogP contribution < -0.4 is 5.01 Å². The number of rotatable bonds is 9. The Morgan fingerprint density at radius 1 is 1.08 bits per heavy atom. The molecule has 0 aliphatic carbocycles. The number of nitrogens with zero attached hydrogens (tertiary/aromatic N) is 5. The molecule has 0 atom stereocenters. The first-order valence-electron chi connectivity index (χ1n) is 11.8. The van der Waals surface area contributed by atoms with Crippen LogP contribution >= 0.6 is 20.3 Å². The van der Waals surface area contributed by atoms with Crippen LogP contribution in [0.3, 0.4) is 0 Å². The molecule has 14 heteroatoms.